The number of nitrogens with zero attached hydrogens (tertiary/aromatic N) is 2. The maximum Gasteiger partial charge on any atom is 0.311 e. The first-order chi connectivity index (χ1) is 15.5. The molecule has 2 N–H and O–H groups in total. The fourth-order valence-corrected chi connectivity index (χ4v) is 3.89. The van der Waals surface area contributed by atoms with Crippen molar-refractivity contribution in [3.05, 3.63) is 77.6 Å². The van der Waals surface area contributed by atoms with Gasteiger partial charge in [0.25, 0.3) is 5.91 Å². The number of aromatic nitrogens is 2. The number of nitriles is 1. The summed E-state index contributed by atoms with van der Waals surface area (Å²) in [7, 11) is 1.32. The van der Waals surface area contributed by atoms with E-state index in [4.69, 9.17) is 10.00 Å². The van der Waals surface area contributed by atoms with E-state index in [-0.39, 0.29) is 11.6 Å². The lowest BCUT2D eigenvalue weighted by Crippen LogP contribution is -2.43. The number of amides is 1. The average Bonchev–Trinajstić information content (AvgIpc) is 3.20. The number of esters is 1. The number of para-hydroxylation sites is 1. The van der Waals surface area contributed by atoms with Crippen LogP contribution in [0.3, 0.4) is 0 Å². The van der Waals surface area contributed by atoms with Gasteiger partial charge in [0.15, 0.2) is 0 Å². The molecule has 4 rings (SSSR count). The molecule has 0 spiro atoms. The van der Waals surface area contributed by atoms with E-state index in [9.17, 15) is 9.59 Å². The van der Waals surface area contributed by atoms with E-state index in [1.54, 1.807) is 37.4 Å². The summed E-state index contributed by atoms with van der Waals surface area (Å²) in [5.41, 5.74) is 3.42. The van der Waals surface area contributed by atoms with Gasteiger partial charge in [-0.25, -0.2) is 4.98 Å². The fourth-order valence-electron chi connectivity index (χ4n) is 3.89. The van der Waals surface area contributed by atoms with Crippen molar-refractivity contribution in [3.63, 3.8) is 0 Å². The quantitative estimate of drug-likeness (QED) is 0.457. The molecular weight excluding hydrogens is 404 g/mol. The monoisotopic (exact) mass is 426 g/mol. The molecule has 0 fully saturated rings. The number of methoxy groups -OCH3 is 1. The SMILES string of the molecule is COC(=O)C(Cc1cccc(C#N)c1)C(C)NC(=O)c1cc2c(cn1)[nH]c1ccccc12. The molecule has 0 saturated carbocycles. The second-order valence-corrected chi connectivity index (χ2v) is 7.69. The third kappa shape index (κ3) is 4.16. The number of hydrogen-bond donors (Lipinski definition) is 2. The lowest BCUT2D eigenvalue weighted by molar-refractivity contribution is -0.146. The fraction of sp³-hybridized carbons (Fsp3) is 0.200. The summed E-state index contributed by atoms with van der Waals surface area (Å²) >= 11 is 0. The second kappa shape index (κ2) is 8.90. The van der Waals surface area contributed by atoms with E-state index in [1.165, 1.54) is 7.11 Å². The number of carbonyl (C=O) groups is 2. The summed E-state index contributed by atoms with van der Waals surface area (Å²) in [6, 6.07) is 18.2. The number of hydrogen-bond acceptors (Lipinski definition) is 5. The van der Waals surface area contributed by atoms with Gasteiger partial charge in [0.05, 0.1) is 36.4 Å². The minimum absolute atomic E-state index is 0.268. The Morgan fingerprint density at radius 3 is 2.72 bits per heavy atom. The van der Waals surface area contributed by atoms with Crippen LogP contribution in [0.15, 0.2) is 60.8 Å². The van der Waals surface area contributed by atoms with Crippen LogP contribution < -0.4 is 5.32 Å². The van der Waals surface area contributed by atoms with Crippen molar-refractivity contribution >= 4 is 33.7 Å². The number of ether oxygens (including phenoxy) is 1. The van der Waals surface area contributed by atoms with Crippen LogP contribution >= 0.6 is 0 Å². The second-order valence-electron chi connectivity index (χ2n) is 7.69. The minimum Gasteiger partial charge on any atom is -0.469 e. The molecule has 2 heterocycles. The molecule has 4 aromatic rings. The third-order valence-electron chi connectivity index (χ3n) is 5.60. The van der Waals surface area contributed by atoms with Gasteiger partial charge >= 0.3 is 5.97 Å². The van der Waals surface area contributed by atoms with Crippen molar-refractivity contribution in [3.8, 4) is 6.07 Å². The lowest BCUT2D eigenvalue weighted by Gasteiger charge is -2.23. The number of fused-ring (bicyclic) bond motifs is 3. The van der Waals surface area contributed by atoms with Gasteiger partial charge in [0.2, 0.25) is 0 Å². The minimum atomic E-state index is -0.616. The third-order valence-corrected chi connectivity index (χ3v) is 5.60. The zero-order valence-corrected chi connectivity index (χ0v) is 17.8. The molecule has 160 valence electrons. The van der Waals surface area contributed by atoms with Gasteiger partial charge in [-0.15, -0.1) is 0 Å². The molecule has 2 aromatic heterocycles. The summed E-state index contributed by atoms with van der Waals surface area (Å²) in [6.45, 7) is 1.76. The van der Waals surface area contributed by atoms with E-state index < -0.39 is 17.9 Å². The number of H-pyrrole nitrogens is 1. The van der Waals surface area contributed by atoms with Gasteiger partial charge in [0.1, 0.15) is 5.69 Å². The van der Waals surface area contributed by atoms with Crippen molar-refractivity contribution in [2.24, 2.45) is 5.92 Å². The number of carbonyl (C=O) groups excluding carboxylic acids is 2. The Hall–Kier alpha value is -4.18. The molecule has 7 heteroatoms. The molecule has 32 heavy (non-hydrogen) atoms. The molecule has 0 aliphatic heterocycles. The first kappa shape index (κ1) is 21.1. The van der Waals surface area contributed by atoms with E-state index in [2.05, 4.69) is 21.4 Å². The molecule has 0 aliphatic rings. The smallest absolute Gasteiger partial charge is 0.311 e. The van der Waals surface area contributed by atoms with Crippen LogP contribution in [0.25, 0.3) is 21.8 Å². The predicted octanol–water partition coefficient (Wildman–Crippen LogP) is 3.74. The highest BCUT2D eigenvalue weighted by atomic mass is 16.5. The van der Waals surface area contributed by atoms with Crippen LogP contribution in [-0.4, -0.2) is 35.0 Å². The van der Waals surface area contributed by atoms with Crippen LogP contribution in [-0.2, 0) is 16.0 Å². The molecular formula is C25H22N4O3. The average molecular weight is 426 g/mol. The zero-order chi connectivity index (χ0) is 22.7. The molecule has 0 saturated heterocycles. The molecule has 2 unspecified atom stereocenters. The summed E-state index contributed by atoms with van der Waals surface area (Å²) in [5.74, 6) is -1.42. The number of benzene rings is 2. The van der Waals surface area contributed by atoms with Crippen molar-refractivity contribution < 1.29 is 14.3 Å². The Kier molecular flexibility index (Phi) is 5.86. The van der Waals surface area contributed by atoms with Crippen LogP contribution in [0.5, 0.6) is 0 Å². The van der Waals surface area contributed by atoms with Crippen molar-refractivity contribution in [1.82, 2.24) is 15.3 Å². The Morgan fingerprint density at radius 2 is 1.94 bits per heavy atom. The van der Waals surface area contributed by atoms with Crippen molar-refractivity contribution in [1.29, 1.82) is 5.26 Å². The number of aromatic amines is 1. The molecule has 1 amide bonds. The van der Waals surface area contributed by atoms with Gasteiger partial charge in [-0.1, -0.05) is 30.3 Å². The van der Waals surface area contributed by atoms with Gasteiger partial charge in [-0.2, -0.15) is 5.26 Å². The van der Waals surface area contributed by atoms with E-state index >= 15 is 0 Å². The molecule has 0 radical (unpaired) electrons. The molecule has 2 atom stereocenters. The molecule has 0 bridgehead atoms. The maximum absolute atomic E-state index is 12.9. The standard InChI is InChI=1S/C25H22N4O3/c1-15(19(25(31)32-2)11-16-6-5-7-17(10-16)13-26)28-24(30)22-12-20-18-8-3-4-9-21(18)29-23(20)14-27-22/h3-10,12,14-15,19,29H,11H2,1-2H3,(H,28,30). The number of pyridine rings is 1. The summed E-state index contributed by atoms with van der Waals surface area (Å²) in [5, 5.41) is 13.9. The summed E-state index contributed by atoms with van der Waals surface area (Å²) in [4.78, 5) is 33.0. The molecule has 2 aromatic carbocycles. The lowest BCUT2D eigenvalue weighted by atomic mass is 9.92. The van der Waals surface area contributed by atoms with Crippen LogP contribution in [0, 0.1) is 17.2 Å². The first-order valence-corrected chi connectivity index (χ1v) is 10.2. The van der Waals surface area contributed by atoms with Crippen molar-refractivity contribution in [2.45, 2.75) is 19.4 Å². The molecule has 0 aliphatic carbocycles. The predicted molar refractivity (Wildman–Crippen MR) is 121 cm³/mol. The van der Waals surface area contributed by atoms with E-state index in [1.807, 2.05) is 30.3 Å². The van der Waals surface area contributed by atoms with Crippen molar-refractivity contribution in [2.75, 3.05) is 7.11 Å². The van der Waals surface area contributed by atoms with E-state index in [0.717, 1.165) is 27.4 Å². The normalized spacial score (nSPS) is 12.8. The van der Waals surface area contributed by atoms with E-state index in [0.29, 0.717) is 12.0 Å². The summed E-state index contributed by atoms with van der Waals surface area (Å²) < 4.78 is 4.97. The topological polar surface area (TPSA) is 108 Å². The van der Waals surface area contributed by atoms with Crippen LogP contribution in [0.2, 0.25) is 0 Å². The van der Waals surface area contributed by atoms with Gasteiger partial charge in [-0.3, -0.25) is 9.59 Å². The van der Waals surface area contributed by atoms with Crippen LogP contribution in [0.1, 0.15) is 28.5 Å². The van der Waals surface area contributed by atoms with Gasteiger partial charge < -0.3 is 15.0 Å². The Balaban J connectivity index is 1.56. The molecule has 7 nitrogen and oxygen atoms in total. The highest BCUT2D eigenvalue weighted by Crippen LogP contribution is 2.25. The first-order valence-electron chi connectivity index (χ1n) is 10.2. The Bertz CT molecular complexity index is 1350. The number of rotatable bonds is 6. The van der Waals surface area contributed by atoms with Gasteiger partial charge in [-0.05, 0) is 43.2 Å². The van der Waals surface area contributed by atoms with Gasteiger partial charge in [0, 0.05) is 22.3 Å². The van der Waals surface area contributed by atoms with Crippen LogP contribution in [0.4, 0.5) is 0 Å². The Morgan fingerprint density at radius 1 is 1.12 bits per heavy atom. The zero-order valence-electron chi connectivity index (χ0n) is 17.8. The number of nitrogens with one attached hydrogen (secondary N) is 2. The highest BCUT2D eigenvalue weighted by Gasteiger charge is 2.28. The summed E-state index contributed by atoms with van der Waals surface area (Å²) in [6.07, 6.45) is 1.97. The Labute approximate surface area is 185 Å². The highest BCUT2D eigenvalue weighted by molar-refractivity contribution is 6.09. The largest absolute Gasteiger partial charge is 0.469 e. The maximum atomic E-state index is 12.9.